The van der Waals surface area contributed by atoms with Crippen molar-refractivity contribution in [3.8, 4) is 0 Å². The minimum Gasteiger partial charge on any atom is -0.382 e. The zero-order chi connectivity index (χ0) is 13.1. The van der Waals surface area contributed by atoms with Crippen LogP contribution in [0.4, 0.5) is 5.82 Å². The number of rotatable bonds is 4. The Morgan fingerprint density at radius 2 is 1.89 bits per heavy atom. The van der Waals surface area contributed by atoms with E-state index < -0.39 is 0 Å². The van der Waals surface area contributed by atoms with Crippen molar-refractivity contribution in [1.82, 2.24) is 19.9 Å². The maximum Gasteiger partial charge on any atom is 0.183 e. The van der Waals surface area contributed by atoms with Crippen LogP contribution in [0.2, 0.25) is 0 Å². The highest BCUT2D eigenvalue weighted by atomic mass is 15.0. The molecule has 96 valence electrons. The van der Waals surface area contributed by atoms with Crippen LogP contribution in [0.3, 0.4) is 0 Å². The van der Waals surface area contributed by atoms with Crippen LogP contribution in [-0.4, -0.2) is 19.9 Å². The summed E-state index contributed by atoms with van der Waals surface area (Å²) in [4.78, 5) is 15.6. The Morgan fingerprint density at radius 3 is 2.68 bits per heavy atom. The molecule has 0 atom stereocenters. The molecular weight excluding hydrogens is 238 g/mol. The van der Waals surface area contributed by atoms with Gasteiger partial charge in [-0.3, -0.25) is 0 Å². The molecule has 0 saturated carbocycles. The fourth-order valence-corrected chi connectivity index (χ4v) is 2.12. The highest BCUT2D eigenvalue weighted by Crippen LogP contribution is 2.14. The summed E-state index contributed by atoms with van der Waals surface area (Å²) in [5, 5.41) is 0. The summed E-state index contributed by atoms with van der Waals surface area (Å²) in [6.07, 6.45) is 4.40. The van der Waals surface area contributed by atoms with Gasteiger partial charge in [0, 0.05) is 6.42 Å². The molecule has 0 saturated heterocycles. The van der Waals surface area contributed by atoms with E-state index in [0.29, 0.717) is 11.5 Å². The van der Waals surface area contributed by atoms with Gasteiger partial charge in [0.25, 0.3) is 0 Å². The lowest BCUT2D eigenvalue weighted by Gasteiger charge is -1.99. The van der Waals surface area contributed by atoms with E-state index in [1.165, 1.54) is 11.9 Å². The molecule has 5 nitrogen and oxygen atoms in total. The summed E-state index contributed by atoms with van der Waals surface area (Å²) in [5.41, 5.74) is 8.49. The number of hydrogen-bond donors (Lipinski definition) is 2. The number of anilines is 1. The fraction of sp³-hybridized carbons (Fsp3) is 0.214. The molecule has 3 N–H and O–H groups in total. The number of nitrogens with two attached hydrogens (primary N) is 1. The SMILES string of the molecule is Nc1ncnc2nc(CCCc3ccccc3)[nH]c12. The number of nitrogens with zero attached hydrogens (tertiary/aromatic N) is 3. The molecule has 0 unspecified atom stereocenters. The van der Waals surface area contributed by atoms with Gasteiger partial charge in [0.2, 0.25) is 0 Å². The molecule has 5 heteroatoms. The average Bonchev–Trinajstić information content (AvgIpc) is 2.84. The van der Waals surface area contributed by atoms with Crippen LogP contribution >= 0.6 is 0 Å². The van der Waals surface area contributed by atoms with Crippen molar-refractivity contribution in [3.05, 3.63) is 48.0 Å². The van der Waals surface area contributed by atoms with Crippen molar-refractivity contribution in [2.75, 3.05) is 5.73 Å². The Morgan fingerprint density at radius 1 is 1.05 bits per heavy atom. The number of imidazole rings is 1. The molecule has 0 spiro atoms. The first-order valence-corrected chi connectivity index (χ1v) is 6.32. The molecular formula is C14H15N5. The van der Waals surface area contributed by atoms with Gasteiger partial charge < -0.3 is 10.7 Å². The third-order valence-electron chi connectivity index (χ3n) is 3.09. The molecule has 0 aliphatic heterocycles. The topological polar surface area (TPSA) is 80.5 Å². The lowest BCUT2D eigenvalue weighted by atomic mass is 10.1. The van der Waals surface area contributed by atoms with E-state index in [9.17, 15) is 0 Å². The van der Waals surface area contributed by atoms with Crippen LogP contribution in [-0.2, 0) is 12.8 Å². The van der Waals surface area contributed by atoms with Crippen molar-refractivity contribution in [1.29, 1.82) is 0 Å². The zero-order valence-corrected chi connectivity index (χ0v) is 10.5. The normalized spacial score (nSPS) is 10.9. The number of aryl methyl sites for hydroxylation is 2. The summed E-state index contributed by atoms with van der Waals surface area (Å²) in [7, 11) is 0. The molecule has 0 aliphatic carbocycles. The lowest BCUT2D eigenvalue weighted by molar-refractivity contribution is 0.785. The highest BCUT2D eigenvalue weighted by molar-refractivity contribution is 5.80. The van der Waals surface area contributed by atoms with Gasteiger partial charge >= 0.3 is 0 Å². The summed E-state index contributed by atoms with van der Waals surface area (Å²) < 4.78 is 0. The van der Waals surface area contributed by atoms with Gasteiger partial charge in [0.15, 0.2) is 11.5 Å². The quantitative estimate of drug-likeness (QED) is 0.746. The average molecular weight is 253 g/mol. The van der Waals surface area contributed by atoms with Crippen LogP contribution in [0, 0.1) is 0 Å². The van der Waals surface area contributed by atoms with Gasteiger partial charge in [-0.15, -0.1) is 0 Å². The molecule has 0 fully saturated rings. The Kier molecular flexibility index (Phi) is 3.10. The van der Waals surface area contributed by atoms with Gasteiger partial charge in [-0.25, -0.2) is 15.0 Å². The van der Waals surface area contributed by atoms with Gasteiger partial charge in [-0.2, -0.15) is 0 Å². The lowest BCUT2D eigenvalue weighted by Crippen LogP contribution is -1.92. The second-order valence-electron chi connectivity index (χ2n) is 4.48. The molecule has 3 aromatic rings. The number of aromatic amines is 1. The fourth-order valence-electron chi connectivity index (χ4n) is 2.12. The van der Waals surface area contributed by atoms with E-state index >= 15 is 0 Å². The smallest absolute Gasteiger partial charge is 0.183 e. The Balaban J connectivity index is 1.67. The molecule has 1 aromatic carbocycles. The van der Waals surface area contributed by atoms with E-state index in [2.05, 4.69) is 44.2 Å². The van der Waals surface area contributed by atoms with Crippen LogP contribution in [0.5, 0.6) is 0 Å². The molecule has 19 heavy (non-hydrogen) atoms. The van der Waals surface area contributed by atoms with Crippen LogP contribution in [0.1, 0.15) is 17.8 Å². The van der Waals surface area contributed by atoms with E-state index in [0.717, 1.165) is 30.6 Å². The van der Waals surface area contributed by atoms with Crippen molar-refractivity contribution >= 4 is 17.0 Å². The minimum absolute atomic E-state index is 0.451. The first-order chi connectivity index (χ1) is 9.33. The number of fused-ring (bicyclic) bond motifs is 1. The number of nitrogen functional groups attached to an aromatic ring is 1. The maximum atomic E-state index is 5.77. The molecule has 0 aliphatic rings. The van der Waals surface area contributed by atoms with Gasteiger partial charge in [0.05, 0.1) is 0 Å². The van der Waals surface area contributed by atoms with Gasteiger partial charge in [0.1, 0.15) is 17.7 Å². The highest BCUT2D eigenvalue weighted by Gasteiger charge is 2.06. The van der Waals surface area contributed by atoms with Crippen LogP contribution < -0.4 is 5.73 Å². The Bertz CT molecular complexity index is 675. The number of nitrogens with one attached hydrogen (secondary N) is 1. The summed E-state index contributed by atoms with van der Waals surface area (Å²) in [5.74, 6) is 1.37. The molecule has 0 bridgehead atoms. The maximum absolute atomic E-state index is 5.77. The predicted octanol–water partition coefficient (Wildman–Crippen LogP) is 2.11. The second kappa shape index (κ2) is 5.06. The second-order valence-corrected chi connectivity index (χ2v) is 4.48. The van der Waals surface area contributed by atoms with Crippen LogP contribution in [0.15, 0.2) is 36.7 Å². The number of hydrogen-bond acceptors (Lipinski definition) is 4. The van der Waals surface area contributed by atoms with Crippen molar-refractivity contribution < 1.29 is 0 Å². The third-order valence-corrected chi connectivity index (χ3v) is 3.09. The van der Waals surface area contributed by atoms with Gasteiger partial charge in [-0.1, -0.05) is 30.3 Å². The minimum atomic E-state index is 0.451. The molecule has 2 heterocycles. The molecule has 3 rings (SSSR count). The monoisotopic (exact) mass is 253 g/mol. The summed E-state index contributed by atoms with van der Waals surface area (Å²) in [6, 6.07) is 10.4. The van der Waals surface area contributed by atoms with E-state index in [4.69, 9.17) is 5.73 Å². The Labute approximate surface area is 110 Å². The van der Waals surface area contributed by atoms with Crippen molar-refractivity contribution in [2.24, 2.45) is 0 Å². The number of H-pyrrole nitrogens is 1. The molecule has 2 aromatic heterocycles. The van der Waals surface area contributed by atoms with Gasteiger partial charge in [-0.05, 0) is 18.4 Å². The van der Waals surface area contributed by atoms with E-state index in [1.54, 1.807) is 0 Å². The van der Waals surface area contributed by atoms with E-state index in [1.807, 2.05) is 6.07 Å². The first kappa shape index (κ1) is 11.6. The summed E-state index contributed by atoms with van der Waals surface area (Å²) >= 11 is 0. The predicted molar refractivity (Wildman–Crippen MR) is 74.6 cm³/mol. The Hall–Kier alpha value is -2.43. The summed E-state index contributed by atoms with van der Waals surface area (Å²) in [6.45, 7) is 0. The van der Waals surface area contributed by atoms with Crippen molar-refractivity contribution in [2.45, 2.75) is 19.3 Å². The number of benzene rings is 1. The number of aromatic nitrogens is 4. The molecule has 0 radical (unpaired) electrons. The standard InChI is InChI=1S/C14H15N5/c15-13-12-14(17-9-16-13)19-11(18-12)8-4-7-10-5-2-1-3-6-10/h1-3,5-6,9H,4,7-8H2,(H3,15,16,17,18,19). The zero-order valence-electron chi connectivity index (χ0n) is 10.5. The largest absolute Gasteiger partial charge is 0.382 e. The van der Waals surface area contributed by atoms with E-state index in [-0.39, 0.29) is 0 Å². The van der Waals surface area contributed by atoms with Crippen molar-refractivity contribution in [3.63, 3.8) is 0 Å². The third kappa shape index (κ3) is 2.54. The molecule has 0 amide bonds. The first-order valence-electron chi connectivity index (χ1n) is 6.32. The van der Waals surface area contributed by atoms with Crippen LogP contribution in [0.25, 0.3) is 11.2 Å².